The molecule has 0 radical (unpaired) electrons. The second-order valence-corrected chi connectivity index (χ2v) is 4.56. The normalized spacial score (nSPS) is 11.0. The fourth-order valence-electron chi connectivity index (χ4n) is 1.59. The van der Waals surface area contributed by atoms with Crippen molar-refractivity contribution in [2.24, 2.45) is 0 Å². The number of halogens is 1. The number of benzene rings is 1. The molecule has 14 heavy (non-hydrogen) atoms. The molecule has 0 unspecified atom stereocenters. The number of aliphatic hydroxyl groups excluding tert-OH is 1. The maximum absolute atomic E-state index is 9.32. The molecule has 74 valence electrons. The van der Waals surface area contributed by atoms with Gasteiger partial charge in [0.05, 0.1) is 6.61 Å². The molecular formula is C10H10BrNOS. The average Bonchev–Trinajstić information content (AvgIpc) is 2.62. The van der Waals surface area contributed by atoms with Crippen LogP contribution in [0.1, 0.15) is 11.1 Å². The van der Waals surface area contributed by atoms with Crippen molar-refractivity contribution >= 4 is 43.0 Å². The molecule has 0 saturated heterocycles. The molecule has 0 saturated carbocycles. The molecule has 3 N–H and O–H groups in total. The lowest BCUT2D eigenvalue weighted by Gasteiger charge is -2.09. The lowest BCUT2D eigenvalue weighted by Crippen LogP contribution is -1.98. The van der Waals surface area contributed by atoms with E-state index in [1.807, 2.05) is 17.5 Å². The van der Waals surface area contributed by atoms with Crippen LogP contribution >= 0.6 is 27.3 Å². The van der Waals surface area contributed by atoms with Gasteiger partial charge in [0.2, 0.25) is 0 Å². The van der Waals surface area contributed by atoms with Crippen molar-refractivity contribution in [1.29, 1.82) is 0 Å². The Morgan fingerprint density at radius 1 is 1.43 bits per heavy atom. The zero-order valence-corrected chi connectivity index (χ0v) is 9.86. The lowest BCUT2D eigenvalue weighted by molar-refractivity contribution is 0.282. The number of hydrogen-bond donors (Lipinski definition) is 2. The van der Waals surface area contributed by atoms with Crippen molar-refractivity contribution in [2.75, 3.05) is 5.73 Å². The summed E-state index contributed by atoms with van der Waals surface area (Å²) in [6.45, 7) is 0.0409. The fraction of sp³-hybridized carbons (Fsp3) is 0.200. The Balaban J connectivity index is 2.82. The van der Waals surface area contributed by atoms with Crippen molar-refractivity contribution in [3.63, 3.8) is 0 Å². The standard InChI is InChI=1S/C10H10BrNOS/c11-4-7-8(5-13)6-1-2-14-10(6)3-9(7)12/h1-3,13H,4-5,12H2. The van der Waals surface area contributed by atoms with E-state index in [4.69, 9.17) is 5.73 Å². The number of rotatable bonds is 2. The molecule has 0 fully saturated rings. The van der Waals surface area contributed by atoms with Gasteiger partial charge >= 0.3 is 0 Å². The Labute approximate surface area is 94.5 Å². The van der Waals surface area contributed by atoms with E-state index in [0.29, 0.717) is 5.33 Å². The first kappa shape index (κ1) is 9.96. The minimum absolute atomic E-state index is 0.0409. The number of aliphatic hydroxyl groups is 1. The lowest BCUT2D eigenvalue weighted by atomic mass is 10.0. The molecule has 2 rings (SSSR count). The Hall–Kier alpha value is -0.580. The third-order valence-electron chi connectivity index (χ3n) is 2.31. The van der Waals surface area contributed by atoms with Crippen LogP contribution in [0.25, 0.3) is 10.1 Å². The molecule has 2 aromatic rings. The first-order valence-electron chi connectivity index (χ1n) is 4.22. The summed E-state index contributed by atoms with van der Waals surface area (Å²) in [4.78, 5) is 0. The second kappa shape index (κ2) is 3.88. The van der Waals surface area contributed by atoms with Gasteiger partial charge in [-0.25, -0.2) is 0 Å². The van der Waals surface area contributed by atoms with Crippen LogP contribution in [-0.4, -0.2) is 5.11 Å². The van der Waals surface area contributed by atoms with Crippen molar-refractivity contribution < 1.29 is 5.11 Å². The molecule has 0 aliphatic rings. The molecule has 2 nitrogen and oxygen atoms in total. The van der Waals surface area contributed by atoms with E-state index >= 15 is 0 Å². The zero-order valence-electron chi connectivity index (χ0n) is 7.46. The minimum Gasteiger partial charge on any atom is -0.398 e. The first-order chi connectivity index (χ1) is 6.77. The number of nitrogens with two attached hydrogens (primary N) is 1. The summed E-state index contributed by atoms with van der Waals surface area (Å²) in [5.41, 5.74) is 8.59. The average molecular weight is 272 g/mol. The Kier molecular flexibility index (Phi) is 2.76. The molecule has 1 heterocycles. The monoisotopic (exact) mass is 271 g/mol. The van der Waals surface area contributed by atoms with E-state index < -0.39 is 0 Å². The van der Waals surface area contributed by atoms with E-state index in [1.165, 1.54) is 0 Å². The van der Waals surface area contributed by atoms with Gasteiger partial charge in [-0.05, 0) is 34.0 Å². The molecule has 0 atom stereocenters. The van der Waals surface area contributed by atoms with Crippen LogP contribution in [0.2, 0.25) is 0 Å². The van der Waals surface area contributed by atoms with Crippen LogP contribution < -0.4 is 5.73 Å². The topological polar surface area (TPSA) is 46.2 Å². The Bertz CT molecular complexity index is 466. The molecule has 1 aromatic heterocycles. The predicted octanol–water partition coefficient (Wildman–Crippen LogP) is 2.87. The molecular weight excluding hydrogens is 262 g/mol. The number of nitrogen functional groups attached to an aromatic ring is 1. The minimum atomic E-state index is 0.0409. The van der Waals surface area contributed by atoms with Gasteiger partial charge in [0, 0.05) is 15.7 Å². The van der Waals surface area contributed by atoms with E-state index in [2.05, 4.69) is 15.9 Å². The molecule has 0 bridgehead atoms. The predicted molar refractivity (Wildman–Crippen MR) is 64.8 cm³/mol. The van der Waals surface area contributed by atoms with E-state index in [1.54, 1.807) is 11.3 Å². The number of hydrogen-bond acceptors (Lipinski definition) is 3. The molecule has 0 aliphatic carbocycles. The van der Waals surface area contributed by atoms with Gasteiger partial charge in [-0.3, -0.25) is 0 Å². The summed E-state index contributed by atoms with van der Waals surface area (Å²) in [7, 11) is 0. The maximum Gasteiger partial charge on any atom is 0.0691 e. The largest absolute Gasteiger partial charge is 0.398 e. The van der Waals surface area contributed by atoms with E-state index in [9.17, 15) is 5.11 Å². The van der Waals surface area contributed by atoms with Gasteiger partial charge in [0.25, 0.3) is 0 Å². The molecule has 0 aliphatic heterocycles. The van der Waals surface area contributed by atoms with Crippen LogP contribution in [0.3, 0.4) is 0 Å². The molecule has 1 aromatic carbocycles. The van der Waals surface area contributed by atoms with Crippen LogP contribution in [0.5, 0.6) is 0 Å². The van der Waals surface area contributed by atoms with Gasteiger partial charge in [-0.15, -0.1) is 11.3 Å². The van der Waals surface area contributed by atoms with Gasteiger partial charge in [-0.1, -0.05) is 15.9 Å². The zero-order chi connectivity index (χ0) is 10.1. The van der Waals surface area contributed by atoms with Gasteiger partial charge in [-0.2, -0.15) is 0 Å². The third-order valence-corrected chi connectivity index (χ3v) is 3.74. The highest BCUT2D eigenvalue weighted by molar-refractivity contribution is 9.08. The summed E-state index contributed by atoms with van der Waals surface area (Å²) >= 11 is 5.03. The van der Waals surface area contributed by atoms with E-state index in [-0.39, 0.29) is 6.61 Å². The highest BCUT2D eigenvalue weighted by atomic mass is 79.9. The molecule has 0 spiro atoms. The second-order valence-electron chi connectivity index (χ2n) is 3.05. The summed E-state index contributed by atoms with van der Waals surface area (Å²) < 4.78 is 1.14. The maximum atomic E-state index is 9.32. The third kappa shape index (κ3) is 1.43. The Morgan fingerprint density at radius 3 is 2.86 bits per heavy atom. The number of fused-ring (bicyclic) bond motifs is 1. The Morgan fingerprint density at radius 2 is 2.21 bits per heavy atom. The summed E-state index contributed by atoms with van der Waals surface area (Å²) in [5, 5.41) is 13.1. The van der Waals surface area contributed by atoms with Crippen molar-refractivity contribution in [1.82, 2.24) is 0 Å². The van der Waals surface area contributed by atoms with Crippen LogP contribution in [-0.2, 0) is 11.9 Å². The SMILES string of the molecule is Nc1cc2sccc2c(CO)c1CBr. The number of alkyl halides is 1. The highest BCUT2D eigenvalue weighted by Crippen LogP contribution is 2.32. The summed E-state index contributed by atoms with van der Waals surface area (Å²) in [5.74, 6) is 0. The van der Waals surface area contributed by atoms with E-state index in [0.717, 1.165) is 26.9 Å². The van der Waals surface area contributed by atoms with Gasteiger partial charge in [0.1, 0.15) is 0 Å². The van der Waals surface area contributed by atoms with Crippen LogP contribution in [0.15, 0.2) is 17.5 Å². The quantitative estimate of drug-likeness (QED) is 0.652. The molecule has 0 amide bonds. The van der Waals surface area contributed by atoms with Crippen molar-refractivity contribution in [2.45, 2.75) is 11.9 Å². The van der Waals surface area contributed by atoms with Crippen molar-refractivity contribution in [3.05, 3.63) is 28.6 Å². The number of thiophene rings is 1. The summed E-state index contributed by atoms with van der Waals surface area (Å²) in [6.07, 6.45) is 0. The molecule has 4 heteroatoms. The smallest absolute Gasteiger partial charge is 0.0691 e. The number of anilines is 1. The van der Waals surface area contributed by atoms with Crippen LogP contribution in [0, 0.1) is 0 Å². The van der Waals surface area contributed by atoms with Gasteiger partial charge in [0.15, 0.2) is 0 Å². The highest BCUT2D eigenvalue weighted by Gasteiger charge is 2.10. The van der Waals surface area contributed by atoms with Crippen molar-refractivity contribution in [3.8, 4) is 0 Å². The fourth-order valence-corrected chi connectivity index (χ4v) is 3.11. The van der Waals surface area contributed by atoms with Gasteiger partial charge < -0.3 is 10.8 Å². The van der Waals surface area contributed by atoms with Crippen LogP contribution in [0.4, 0.5) is 5.69 Å². The summed E-state index contributed by atoms with van der Waals surface area (Å²) in [6, 6.07) is 3.99. The first-order valence-corrected chi connectivity index (χ1v) is 6.22.